The fourth-order valence-corrected chi connectivity index (χ4v) is 2.18. The third-order valence-electron chi connectivity index (χ3n) is 3.14. The van der Waals surface area contributed by atoms with E-state index in [1.807, 2.05) is 25.3 Å². The second-order valence-electron chi connectivity index (χ2n) is 4.28. The van der Waals surface area contributed by atoms with Crippen LogP contribution in [0, 0.1) is 0 Å². The Morgan fingerprint density at radius 2 is 2.32 bits per heavy atom. The summed E-state index contributed by atoms with van der Waals surface area (Å²) >= 11 is 0. The van der Waals surface area contributed by atoms with Crippen molar-refractivity contribution in [3.63, 3.8) is 0 Å². The molecule has 0 saturated carbocycles. The topological polar surface area (TPSA) is 60.5 Å². The Hall–Kier alpha value is -1.33. The summed E-state index contributed by atoms with van der Waals surface area (Å²) in [5.74, 6) is 0.741. The molecule has 2 heterocycles. The van der Waals surface area contributed by atoms with E-state index in [0.717, 1.165) is 18.5 Å². The number of ether oxygens (including phenoxy) is 2. The van der Waals surface area contributed by atoms with Gasteiger partial charge in [-0.3, -0.25) is 4.79 Å². The van der Waals surface area contributed by atoms with Gasteiger partial charge in [0.25, 0.3) is 0 Å². The van der Waals surface area contributed by atoms with E-state index >= 15 is 0 Å². The maximum absolute atomic E-state index is 11.4. The number of hydrogen-bond donors (Lipinski definition) is 1. The average molecular weight is 287 g/mol. The van der Waals surface area contributed by atoms with Gasteiger partial charge >= 0.3 is 5.97 Å². The molecule has 1 aromatic rings. The fourth-order valence-electron chi connectivity index (χ4n) is 2.18. The number of methoxy groups -OCH3 is 1. The standard InChI is InChI=1S/C13H18N2O3.ClH/c1-3-18-12-5-4-9(7-15-12)10-6-11(14-8-10)13(16)17-2;/h4-5,7,10-11,14H,3,6,8H2,1-2H3;1H. The number of halogens is 1. The summed E-state index contributed by atoms with van der Waals surface area (Å²) in [6, 6.07) is 3.67. The van der Waals surface area contributed by atoms with E-state index in [4.69, 9.17) is 9.47 Å². The maximum atomic E-state index is 11.4. The third kappa shape index (κ3) is 3.81. The molecule has 2 atom stereocenters. The molecule has 0 aromatic carbocycles. The molecule has 0 aliphatic carbocycles. The Labute approximate surface area is 119 Å². The molecule has 0 amide bonds. The van der Waals surface area contributed by atoms with Gasteiger partial charge in [0.05, 0.1) is 13.7 Å². The summed E-state index contributed by atoms with van der Waals surface area (Å²) in [4.78, 5) is 15.6. The van der Waals surface area contributed by atoms with Gasteiger partial charge in [-0.25, -0.2) is 4.98 Å². The SMILES string of the molecule is CCOc1ccc(C2CNC(C(=O)OC)C2)cn1.Cl. The highest BCUT2D eigenvalue weighted by Gasteiger charge is 2.30. The van der Waals surface area contributed by atoms with Crippen molar-refractivity contribution in [2.24, 2.45) is 0 Å². The molecule has 0 spiro atoms. The molecule has 1 saturated heterocycles. The van der Waals surface area contributed by atoms with E-state index < -0.39 is 0 Å². The molecule has 5 nitrogen and oxygen atoms in total. The quantitative estimate of drug-likeness (QED) is 0.851. The van der Waals surface area contributed by atoms with Gasteiger partial charge in [0.2, 0.25) is 5.88 Å². The van der Waals surface area contributed by atoms with Gasteiger partial charge in [-0.05, 0) is 24.8 Å². The van der Waals surface area contributed by atoms with Gasteiger partial charge in [0.15, 0.2) is 0 Å². The monoisotopic (exact) mass is 286 g/mol. The third-order valence-corrected chi connectivity index (χ3v) is 3.14. The maximum Gasteiger partial charge on any atom is 0.322 e. The second kappa shape index (κ2) is 7.31. The summed E-state index contributed by atoms with van der Waals surface area (Å²) in [5.41, 5.74) is 1.12. The van der Waals surface area contributed by atoms with Gasteiger partial charge in [-0.2, -0.15) is 0 Å². The summed E-state index contributed by atoms with van der Waals surface area (Å²) in [6.45, 7) is 3.31. The van der Waals surface area contributed by atoms with Crippen LogP contribution in [-0.4, -0.2) is 37.3 Å². The number of nitrogens with zero attached hydrogens (tertiary/aromatic N) is 1. The molecule has 106 valence electrons. The first-order valence-electron chi connectivity index (χ1n) is 6.14. The lowest BCUT2D eigenvalue weighted by Crippen LogP contribution is -2.31. The minimum atomic E-state index is -0.202. The zero-order chi connectivity index (χ0) is 13.0. The Morgan fingerprint density at radius 3 is 2.89 bits per heavy atom. The first-order chi connectivity index (χ1) is 8.74. The van der Waals surface area contributed by atoms with E-state index in [1.165, 1.54) is 7.11 Å². The summed E-state index contributed by atoms with van der Waals surface area (Å²) in [5, 5.41) is 3.16. The van der Waals surface area contributed by atoms with Gasteiger partial charge < -0.3 is 14.8 Å². The van der Waals surface area contributed by atoms with Crippen LogP contribution in [0.5, 0.6) is 5.88 Å². The van der Waals surface area contributed by atoms with Crippen LogP contribution in [0.15, 0.2) is 18.3 Å². The molecular weight excluding hydrogens is 268 g/mol. The van der Waals surface area contributed by atoms with E-state index in [9.17, 15) is 4.79 Å². The Bertz CT molecular complexity index is 411. The van der Waals surface area contributed by atoms with E-state index in [0.29, 0.717) is 18.4 Å². The Morgan fingerprint density at radius 1 is 1.53 bits per heavy atom. The lowest BCUT2D eigenvalue weighted by atomic mass is 9.98. The van der Waals surface area contributed by atoms with Crippen molar-refractivity contribution in [2.75, 3.05) is 20.3 Å². The summed E-state index contributed by atoms with van der Waals surface area (Å²) in [6.07, 6.45) is 2.57. The van der Waals surface area contributed by atoms with Gasteiger partial charge in [-0.15, -0.1) is 12.4 Å². The van der Waals surface area contributed by atoms with E-state index in [-0.39, 0.29) is 24.4 Å². The number of hydrogen-bond acceptors (Lipinski definition) is 5. The van der Waals surface area contributed by atoms with Crippen molar-refractivity contribution >= 4 is 18.4 Å². The lowest BCUT2D eigenvalue weighted by molar-refractivity contribution is -0.142. The number of carbonyl (C=O) groups excluding carboxylic acids is 1. The van der Waals surface area contributed by atoms with Crippen molar-refractivity contribution in [1.29, 1.82) is 0 Å². The minimum absolute atomic E-state index is 0. The highest BCUT2D eigenvalue weighted by molar-refractivity contribution is 5.85. The first-order valence-corrected chi connectivity index (χ1v) is 6.14. The normalized spacial score (nSPS) is 21.6. The predicted molar refractivity (Wildman–Crippen MR) is 73.8 cm³/mol. The zero-order valence-electron chi connectivity index (χ0n) is 11.1. The highest BCUT2D eigenvalue weighted by Crippen LogP contribution is 2.26. The van der Waals surface area contributed by atoms with Crippen LogP contribution in [0.2, 0.25) is 0 Å². The van der Waals surface area contributed by atoms with Crippen LogP contribution in [0.25, 0.3) is 0 Å². The molecule has 1 fully saturated rings. The fraction of sp³-hybridized carbons (Fsp3) is 0.538. The molecule has 2 unspecified atom stereocenters. The Kier molecular flexibility index (Phi) is 6.05. The minimum Gasteiger partial charge on any atom is -0.478 e. The predicted octanol–water partition coefficient (Wildman–Crippen LogP) is 1.52. The molecule has 1 aliphatic heterocycles. The van der Waals surface area contributed by atoms with Crippen LogP contribution in [0.1, 0.15) is 24.8 Å². The number of esters is 1. The van der Waals surface area contributed by atoms with Gasteiger partial charge in [0.1, 0.15) is 6.04 Å². The number of rotatable bonds is 4. The lowest BCUT2D eigenvalue weighted by Gasteiger charge is -2.09. The first kappa shape index (κ1) is 15.7. The molecule has 2 rings (SSSR count). The molecule has 0 radical (unpaired) electrons. The molecule has 6 heteroatoms. The molecule has 1 aliphatic rings. The van der Waals surface area contributed by atoms with Gasteiger partial charge in [-0.1, -0.05) is 6.07 Å². The molecule has 1 N–H and O–H groups in total. The van der Waals surface area contributed by atoms with Crippen LogP contribution in [0.4, 0.5) is 0 Å². The molecule has 1 aromatic heterocycles. The van der Waals surface area contributed by atoms with Crippen LogP contribution >= 0.6 is 12.4 Å². The number of nitrogens with one attached hydrogen (secondary N) is 1. The van der Waals surface area contributed by atoms with Crippen molar-refractivity contribution < 1.29 is 14.3 Å². The van der Waals surface area contributed by atoms with Crippen molar-refractivity contribution in [1.82, 2.24) is 10.3 Å². The van der Waals surface area contributed by atoms with Crippen LogP contribution in [-0.2, 0) is 9.53 Å². The number of pyridine rings is 1. The smallest absolute Gasteiger partial charge is 0.322 e. The van der Waals surface area contributed by atoms with Crippen LogP contribution in [0.3, 0.4) is 0 Å². The van der Waals surface area contributed by atoms with Crippen LogP contribution < -0.4 is 10.1 Å². The molecular formula is C13H19ClN2O3. The van der Waals surface area contributed by atoms with Gasteiger partial charge in [0, 0.05) is 18.8 Å². The number of carbonyl (C=O) groups is 1. The average Bonchev–Trinajstić information content (AvgIpc) is 2.89. The molecule has 0 bridgehead atoms. The zero-order valence-corrected chi connectivity index (χ0v) is 11.9. The van der Waals surface area contributed by atoms with Crippen molar-refractivity contribution in [3.05, 3.63) is 23.9 Å². The second-order valence-corrected chi connectivity index (χ2v) is 4.28. The summed E-state index contributed by atoms with van der Waals surface area (Å²) < 4.78 is 10.0. The van der Waals surface area contributed by atoms with Crippen molar-refractivity contribution in [3.8, 4) is 5.88 Å². The van der Waals surface area contributed by atoms with Crippen molar-refractivity contribution in [2.45, 2.75) is 25.3 Å². The number of aromatic nitrogens is 1. The van der Waals surface area contributed by atoms with E-state index in [1.54, 1.807) is 0 Å². The molecule has 19 heavy (non-hydrogen) atoms. The Balaban J connectivity index is 0.00000180. The largest absolute Gasteiger partial charge is 0.478 e. The highest BCUT2D eigenvalue weighted by atomic mass is 35.5. The van der Waals surface area contributed by atoms with E-state index in [2.05, 4.69) is 10.3 Å². The summed E-state index contributed by atoms with van der Waals surface area (Å²) in [7, 11) is 1.41.